The maximum absolute atomic E-state index is 14.0. The average molecular weight is 1570 g/mol. The van der Waals surface area contributed by atoms with Gasteiger partial charge in [-0.15, -0.1) is 5.10 Å². The first kappa shape index (κ1) is 88.5. The molecule has 0 spiro atoms. The summed E-state index contributed by atoms with van der Waals surface area (Å²) in [6.45, 7) is 15.8. The Kier molecular flexibility index (Phi) is 38.2. The second kappa shape index (κ2) is 48.7. The van der Waals surface area contributed by atoms with E-state index in [1.807, 2.05) is 80.2 Å². The summed E-state index contributed by atoms with van der Waals surface area (Å²) in [4.78, 5) is 124. The first-order valence-electron chi connectivity index (χ1n) is 40.5. The summed E-state index contributed by atoms with van der Waals surface area (Å²) in [7, 11) is 0. The molecule has 28 nitrogen and oxygen atoms in total. The van der Waals surface area contributed by atoms with Gasteiger partial charge in [0.2, 0.25) is 29.5 Å². The number of hydrogen-bond donors (Lipinski definition) is 1. The number of amides is 5. The molecule has 5 aromatic rings. The van der Waals surface area contributed by atoms with E-state index < -0.39 is 5.92 Å². The van der Waals surface area contributed by atoms with Crippen molar-refractivity contribution < 1.29 is 95.3 Å². The minimum absolute atomic E-state index is 0.00602. The fourth-order valence-corrected chi connectivity index (χ4v) is 14.4. The summed E-state index contributed by atoms with van der Waals surface area (Å²) in [5.74, 6) is -2.10. The Hall–Kier alpha value is -8.42. The zero-order valence-corrected chi connectivity index (χ0v) is 66.5. The number of likely N-dealkylation sites (tertiary alicyclic amines) is 1. The Morgan fingerprint density at radius 2 is 1.19 bits per heavy atom. The van der Waals surface area contributed by atoms with Crippen LogP contribution in [0.15, 0.2) is 79.0 Å². The first-order chi connectivity index (χ1) is 55.1. The molecule has 616 valence electrons. The van der Waals surface area contributed by atoms with Crippen molar-refractivity contribution in [3.63, 3.8) is 0 Å². The summed E-state index contributed by atoms with van der Waals surface area (Å²) in [5, 5.41) is 11.7. The van der Waals surface area contributed by atoms with E-state index in [-0.39, 0.29) is 155 Å². The highest BCUT2D eigenvalue weighted by Crippen LogP contribution is 2.42. The smallest absolute Gasteiger partial charge is 0.306 e. The fraction of sp³-hybridized carbons (Fsp3) is 0.600. The van der Waals surface area contributed by atoms with Gasteiger partial charge in [0.25, 0.3) is 0 Å². The molecule has 2 aliphatic heterocycles. The van der Waals surface area contributed by atoms with E-state index in [0.717, 1.165) is 86.7 Å². The van der Waals surface area contributed by atoms with Crippen molar-refractivity contribution in [2.75, 3.05) is 163 Å². The van der Waals surface area contributed by atoms with Gasteiger partial charge < -0.3 is 67.2 Å². The summed E-state index contributed by atoms with van der Waals surface area (Å²) in [5.41, 5.74) is 11.9. The Bertz CT molecular complexity index is 3870. The number of esters is 1. The van der Waals surface area contributed by atoms with E-state index in [4.69, 9.17) is 57.1 Å². The van der Waals surface area contributed by atoms with Crippen LogP contribution in [-0.4, -0.2) is 247 Å². The monoisotopic (exact) mass is 1570 g/mol. The fourth-order valence-electron chi connectivity index (χ4n) is 14.4. The van der Waals surface area contributed by atoms with Crippen LogP contribution in [0.1, 0.15) is 139 Å². The number of carbonyl (C=O) groups excluding carboxylic acids is 9. The molecular weight excluding hydrogens is 1450 g/mol. The van der Waals surface area contributed by atoms with Crippen LogP contribution in [0, 0.1) is 24.7 Å². The topological polar surface area (TPSA) is 321 Å². The molecule has 0 radical (unpaired) electrons. The number of para-hydroxylation sites is 1. The SMILES string of the molecule is CCn1nnc2c1-c1ccccc1N(C(=O)CCC(=O)CCCOCCOCCOCCN(CCOCCOCCOCCCC(=O)O[C@H]1CCCc3c(-c4ccc(CCC5C(=O)CC(C)C5=O)cc4)cnc(C)c3CC1)C(=O)CCOCCOCCOCCOCCNC(=O)CCN1C(=O)C[C@H](C)C1=O)Cc1ccccc1-2. The lowest BCUT2D eigenvalue weighted by Gasteiger charge is -2.28. The molecule has 4 aliphatic rings. The van der Waals surface area contributed by atoms with E-state index in [9.17, 15) is 43.2 Å². The van der Waals surface area contributed by atoms with Crippen molar-refractivity contribution in [1.82, 2.24) is 35.1 Å². The molecule has 28 heteroatoms. The van der Waals surface area contributed by atoms with Crippen LogP contribution in [0.3, 0.4) is 0 Å². The Balaban J connectivity index is 0.597. The number of aromatic nitrogens is 4. The van der Waals surface area contributed by atoms with Crippen molar-refractivity contribution in [3.8, 4) is 33.6 Å². The van der Waals surface area contributed by atoms with Gasteiger partial charge in [0.15, 0.2) is 0 Å². The predicted octanol–water partition coefficient (Wildman–Crippen LogP) is 8.65. The molecule has 0 bridgehead atoms. The number of ketones is 3. The molecule has 4 heterocycles. The molecule has 2 aromatic heterocycles. The number of nitrogens with zero attached hydrogens (tertiary/aromatic N) is 7. The highest BCUT2D eigenvalue weighted by molar-refractivity contribution is 6.10. The van der Waals surface area contributed by atoms with Gasteiger partial charge in [-0.2, -0.15) is 0 Å². The minimum atomic E-state index is -0.478. The molecule has 9 rings (SSSR count). The Morgan fingerprint density at radius 1 is 0.584 bits per heavy atom. The molecule has 2 aliphatic carbocycles. The highest BCUT2D eigenvalue weighted by atomic mass is 16.6. The molecule has 4 atom stereocenters. The molecular formula is C85H116N8O20. The number of anilines is 1. The number of hydrogen-bond acceptors (Lipinski definition) is 23. The number of imide groups is 1. The normalized spacial score (nSPS) is 16.8. The average Bonchev–Trinajstić information content (AvgIpc) is 1.74. The maximum atomic E-state index is 14.0. The predicted molar refractivity (Wildman–Crippen MR) is 419 cm³/mol. The van der Waals surface area contributed by atoms with Crippen LogP contribution in [0.5, 0.6) is 0 Å². The molecule has 1 N–H and O–H groups in total. The molecule has 113 heavy (non-hydrogen) atoms. The summed E-state index contributed by atoms with van der Waals surface area (Å²) in [6, 6.07) is 24.1. The standard InChI is InChI=1S/C85H116N8O20/c1-5-93-83-72-17-8-9-19-75(72)92(60-66-13-6-7-16-70(66)82(83)88-89-93)79(98)30-26-67(94)14-11-37-103-43-49-109-53-47-107-41-35-90(78(97)32-39-105-45-51-111-55-56-112-52-46-106-40-33-86-77(96)31-34-91-80(99)58-62(3)85(91)102)36-42-108-48-54-110-50-44-104-38-12-20-81(100)113-68-15-10-18-71-69(29-27-68)63(4)87-59-74(71)65-24-21-64(22-25-65)23-28-73-76(95)57-61(2)84(73)101/h6-9,13,16-17,19,21-22,24-25,59,61-62,68,73H,5,10-12,14-15,18,20,23,26-58,60H2,1-4H3,(H,86,96)/t61?,62-,68-,73?/m0/s1. The molecule has 1 saturated carbocycles. The zero-order chi connectivity index (χ0) is 79.9. The van der Waals surface area contributed by atoms with E-state index in [0.29, 0.717) is 170 Å². The number of nitrogens with one attached hydrogen (secondary N) is 1. The van der Waals surface area contributed by atoms with E-state index in [1.54, 1.807) is 16.7 Å². The van der Waals surface area contributed by atoms with Gasteiger partial charge in [-0.3, -0.25) is 53.0 Å². The molecule has 5 amide bonds. The van der Waals surface area contributed by atoms with Gasteiger partial charge >= 0.3 is 5.97 Å². The third-order valence-electron chi connectivity index (χ3n) is 20.6. The third kappa shape index (κ3) is 28.5. The second-order valence-electron chi connectivity index (χ2n) is 28.9. The third-order valence-corrected chi connectivity index (χ3v) is 20.6. The van der Waals surface area contributed by atoms with Crippen molar-refractivity contribution in [2.45, 2.75) is 156 Å². The first-order valence-corrected chi connectivity index (χ1v) is 40.5. The van der Waals surface area contributed by atoms with Crippen LogP contribution >= 0.6 is 0 Å². The van der Waals surface area contributed by atoms with Gasteiger partial charge in [-0.1, -0.05) is 85.8 Å². The maximum Gasteiger partial charge on any atom is 0.306 e. The van der Waals surface area contributed by atoms with Crippen LogP contribution in [0.25, 0.3) is 33.6 Å². The second-order valence-corrected chi connectivity index (χ2v) is 28.9. The summed E-state index contributed by atoms with van der Waals surface area (Å²) < 4.78 is 65.0. The van der Waals surface area contributed by atoms with Gasteiger partial charge in [-0.25, -0.2) is 4.68 Å². The number of carbonyl (C=O) groups is 9. The van der Waals surface area contributed by atoms with Crippen LogP contribution in [-0.2, 0) is 128 Å². The lowest BCUT2D eigenvalue weighted by atomic mass is 9.86. The lowest BCUT2D eigenvalue weighted by molar-refractivity contribution is -0.150. The molecule has 3 aromatic carbocycles. The number of rotatable bonds is 53. The number of ether oxygens (including phenoxy) is 11. The summed E-state index contributed by atoms with van der Waals surface area (Å²) >= 11 is 0. The highest BCUT2D eigenvalue weighted by Gasteiger charge is 2.39. The Labute approximate surface area is 663 Å². The van der Waals surface area contributed by atoms with Crippen LogP contribution in [0.2, 0.25) is 0 Å². The number of pyridine rings is 1. The lowest BCUT2D eigenvalue weighted by Crippen LogP contribution is -2.37. The minimum Gasteiger partial charge on any atom is -0.462 e. The zero-order valence-electron chi connectivity index (χ0n) is 66.5. The summed E-state index contributed by atoms with van der Waals surface area (Å²) in [6.07, 6.45) is 9.49. The van der Waals surface area contributed by atoms with Gasteiger partial charge in [-0.05, 0) is 106 Å². The molecule has 2 fully saturated rings. The quantitative estimate of drug-likeness (QED) is 0.0165. The van der Waals surface area contributed by atoms with Crippen LogP contribution in [0.4, 0.5) is 5.69 Å². The van der Waals surface area contributed by atoms with E-state index in [1.165, 1.54) is 11.1 Å². The number of aryl methyl sites for hydroxylation is 3. The van der Waals surface area contributed by atoms with Gasteiger partial charge in [0.1, 0.15) is 29.1 Å². The number of Topliss-reactive ketones (excluding diaryl/α,β-unsaturated/α-hetero) is 3. The van der Waals surface area contributed by atoms with E-state index in [2.05, 4.69) is 39.9 Å². The largest absolute Gasteiger partial charge is 0.462 e. The molecule has 2 unspecified atom stereocenters. The van der Waals surface area contributed by atoms with E-state index >= 15 is 0 Å². The Morgan fingerprint density at radius 3 is 1.81 bits per heavy atom. The van der Waals surface area contributed by atoms with Crippen molar-refractivity contribution in [3.05, 3.63) is 107 Å². The van der Waals surface area contributed by atoms with Crippen LogP contribution < -0.4 is 10.2 Å². The number of benzene rings is 3. The van der Waals surface area contributed by atoms with Crippen molar-refractivity contribution in [2.24, 2.45) is 17.8 Å². The van der Waals surface area contributed by atoms with Gasteiger partial charge in [0.05, 0.1) is 149 Å². The number of fused-ring (bicyclic) bond motifs is 6. The van der Waals surface area contributed by atoms with Crippen molar-refractivity contribution in [1.29, 1.82) is 0 Å². The van der Waals surface area contributed by atoms with Crippen molar-refractivity contribution >= 4 is 58.5 Å². The molecule has 1 saturated heterocycles. The van der Waals surface area contributed by atoms with Gasteiger partial charge in [0, 0.05) is 131 Å².